The van der Waals surface area contributed by atoms with Crippen LogP contribution in [0.1, 0.15) is 0 Å². The maximum Gasteiger partial charge on any atom is 1.00 e. The van der Waals surface area contributed by atoms with Gasteiger partial charge in [-0.3, -0.25) is 17.2 Å². The van der Waals surface area contributed by atoms with Crippen molar-refractivity contribution in [2.75, 3.05) is 41.8 Å². The fraction of sp³-hybridized carbons (Fsp3) is 0.129. The van der Waals surface area contributed by atoms with Gasteiger partial charge in [0, 0.05) is 24.5 Å². The van der Waals surface area contributed by atoms with Gasteiger partial charge in [-0.2, -0.15) is 30.3 Å². The van der Waals surface area contributed by atoms with Crippen molar-refractivity contribution < 1.29 is 149 Å². The van der Waals surface area contributed by atoms with Crippen LogP contribution in [0, 0.1) is 12.1 Å². The Morgan fingerprint density at radius 3 is 1.48 bits per heavy atom. The molecular formula is C31H24N10Na4O7S2. The van der Waals surface area contributed by atoms with Crippen LogP contribution in [-0.2, 0) is 25.0 Å². The standard InChI is InChI=1S/C31H26N10O7S2.4Na/c42-49(43,44)27-18-26(19-28(20-27)50(45,46)47)40-39-25-12-8-22(9-13-25)33-30-34-29(35-31(36-30)41-14-16-48-17-15-41)32-21-6-10-24(11-7-21)38-37-23-4-2-1-3-5-23;;;;/h1,4-13,18-20H,14-17H2,(H,42,43,44)(H,45,46,47)(H2,32,33,34,35,36);;;;/q-2;4*+1/p-2. The number of benzene rings is 4. The Labute approximate surface area is 400 Å². The first-order valence-corrected chi connectivity index (χ1v) is 17.4. The van der Waals surface area contributed by atoms with Crippen LogP contribution in [0.5, 0.6) is 0 Å². The molecule has 17 nitrogen and oxygen atoms in total. The van der Waals surface area contributed by atoms with E-state index in [4.69, 9.17) is 4.74 Å². The quantitative estimate of drug-likeness (QED) is 0.0548. The van der Waals surface area contributed by atoms with Crippen LogP contribution in [0.4, 0.5) is 52.0 Å². The van der Waals surface area contributed by atoms with E-state index in [1.54, 1.807) is 54.6 Å². The number of rotatable bonds is 11. The molecule has 2 N–H and O–H groups in total. The first-order valence-electron chi connectivity index (χ1n) is 14.6. The van der Waals surface area contributed by atoms with Gasteiger partial charge in [-0.15, -0.1) is 5.69 Å². The van der Waals surface area contributed by atoms with E-state index in [0.29, 0.717) is 61.1 Å². The number of nitrogens with one attached hydrogen (secondary N) is 2. The van der Waals surface area contributed by atoms with Gasteiger partial charge in [0.15, 0.2) is 0 Å². The van der Waals surface area contributed by atoms with Crippen molar-refractivity contribution in [1.82, 2.24) is 15.0 Å². The molecule has 256 valence electrons. The van der Waals surface area contributed by atoms with Crippen LogP contribution in [0.15, 0.2) is 115 Å². The maximum absolute atomic E-state index is 11.5. The molecular weight excluding hydrogens is 780 g/mol. The smallest absolute Gasteiger partial charge is 0.744 e. The molecule has 5 aromatic rings. The van der Waals surface area contributed by atoms with Gasteiger partial charge in [0.05, 0.1) is 40.1 Å². The topological polar surface area (TPSA) is 239 Å². The molecule has 1 saturated heterocycles. The van der Waals surface area contributed by atoms with E-state index >= 15 is 0 Å². The van der Waals surface area contributed by atoms with E-state index < -0.39 is 30.0 Å². The van der Waals surface area contributed by atoms with E-state index in [2.05, 4.69) is 58.2 Å². The van der Waals surface area contributed by atoms with Crippen molar-refractivity contribution in [2.24, 2.45) is 20.5 Å². The van der Waals surface area contributed by atoms with Crippen molar-refractivity contribution in [3.63, 3.8) is 0 Å². The zero-order chi connectivity index (χ0) is 35.1. The molecule has 1 aliphatic heterocycles. The molecule has 1 aromatic heterocycles. The Kier molecular flexibility index (Phi) is 20.0. The summed E-state index contributed by atoms with van der Waals surface area (Å²) < 4.78 is 74.2. The summed E-state index contributed by atoms with van der Waals surface area (Å²) in [7, 11) is -10.1. The number of hydrogen-bond donors (Lipinski definition) is 2. The molecule has 0 unspecified atom stereocenters. The second kappa shape index (κ2) is 22.3. The number of azo groups is 2. The van der Waals surface area contributed by atoms with Gasteiger partial charge >= 0.3 is 118 Å². The van der Waals surface area contributed by atoms with E-state index in [0.717, 1.165) is 12.1 Å². The predicted octanol–water partition coefficient (Wildman–Crippen LogP) is -6.55. The molecule has 1 aliphatic rings. The Balaban J connectivity index is 0.00000252. The van der Waals surface area contributed by atoms with Crippen molar-refractivity contribution >= 4 is 72.2 Å². The van der Waals surface area contributed by atoms with E-state index in [-0.39, 0.29) is 142 Å². The second-order valence-electron chi connectivity index (χ2n) is 10.4. The number of nitrogens with zero attached hydrogens (tertiary/aromatic N) is 8. The molecule has 0 atom stereocenters. The zero-order valence-corrected chi connectivity index (χ0v) is 39.3. The molecule has 0 bridgehead atoms. The summed E-state index contributed by atoms with van der Waals surface area (Å²) in [6.07, 6.45) is 0. The Morgan fingerprint density at radius 2 is 1.04 bits per heavy atom. The Morgan fingerprint density at radius 1 is 0.611 bits per heavy atom. The van der Waals surface area contributed by atoms with Crippen molar-refractivity contribution in [3.05, 3.63) is 97.1 Å². The van der Waals surface area contributed by atoms with Crippen LogP contribution in [0.2, 0.25) is 0 Å². The number of ether oxygens (including phenoxy) is 1. The first kappa shape index (κ1) is 48.4. The summed E-state index contributed by atoms with van der Waals surface area (Å²) in [6.45, 7) is 2.22. The SMILES string of the molecule is O=S(=O)([O-])c1cc(N=Nc2ccc(Nc3nc(Nc4ccc(N=Nc5c[c-]c[c-]c5)cc4)nc(N4CCOCC4)n3)cc2)cc(S(=O)(=O)[O-])c1.[Na+].[Na+].[Na+].[Na+]. The third-order valence-electron chi connectivity index (χ3n) is 6.80. The average molecular weight is 805 g/mol. The fourth-order valence-electron chi connectivity index (χ4n) is 4.40. The third kappa shape index (κ3) is 14.3. The van der Waals surface area contributed by atoms with Crippen molar-refractivity contribution in [3.8, 4) is 0 Å². The molecule has 6 rings (SSSR count). The summed E-state index contributed by atoms with van der Waals surface area (Å²) in [5.41, 5.74) is 2.50. The first-order chi connectivity index (χ1) is 24.0. The molecule has 1 fully saturated rings. The molecule has 23 heteroatoms. The van der Waals surface area contributed by atoms with Gasteiger partial charge in [0.2, 0.25) is 17.8 Å². The number of anilines is 5. The van der Waals surface area contributed by atoms with Crippen LogP contribution in [-0.4, -0.2) is 67.2 Å². The van der Waals surface area contributed by atoms with Gasteiger partial charge < -0.3 is 47.6 Å². The number of morpholine rings is 1. The van der Waals surface area contributed by atoms with Gasteiger partial charge in [0.1, 0.15) is 20.2 Å². The fourth-order valence-corrected chi connectivity index (χ4v) is 5.55. The minimum Gasteiger partial charge on any atom is -0.744 e. The summed E-state index contributed by atoms with van der Waals surface area (Å²) >= 11 is 0. The number of hydrogen-bond acceptors (Lipinski definition) is 17. The molecule has 0 amide bonds. The second-order valence-corrected chi connectivity index (χ2v) is 13.1. The normalized spacial score (nSPS) is 12.9. The molecule has 54 heavy (non-hydrogen) atoms. The van der Waals surface area contributed by atoms with Gasteiger partial charge in [-0.1, -0.05) is 0 Å². The molecule has 0 spiro atoms. The van der Waals surface area contributed by atoms with E-state index in [1.165, 1.54) is 0 Å². The Bertz CT molecular complexity index is 2220. The minimum absolute atomic E-state index is 0. The molecule has 0 radical (unpaired) electrons. The average Bonchev–Trinajstić information content (AvgIpc) is 3.11. The molecule has 0 saturated carbocycles. The van der Waals surface area contributed by atoms with Gasteiger partial charge in [-0.25, -0.2) is 16.8 Å². The molecule has 2 heterocycles. The van der Waals surface area contributed by atoms with Gasteiger partial charge in [-0.05, 0) is 66.7 Å². The van der Waals surface area contributed by atoms with E-state index in [1.807, 2.05) is 17.0 Å². The van der Waals surface area contributed by atoms with Crippen molar-refractivity contribution in [2.45, 2.75) is 9.79 Å². The van der Waals surface area contributed by atoms with Crippen LogP contribution in [0.3, 0.4) is 0 Å². The maximum atomic E-state index is 11.5. The van der Waals surface area contributed by atoms with Crippen molar-refractivity contribution in [1.29, 1.82) is 0 Å². The molecule has 0 aliphatic carbocycles. The number of aromatic nitrogens is 3. The third-order valence-corrected chi connectivity index (χ3v) is 8.42. The van der Waals surface area contributed by atoms with Crippen LogP contribution < -0.4 is 134 Å². The summed E-state index contributed by atoms with van der Waals surface area (Å²) in [6, 6.07) is 26.6. The summed E-state index contributed by atoms with van der Waals surface area (Å²) in [5.74, 6) is 0.950. The zero-order valence-electron chi connectivity index (χ0n) is 29.7. The molecule has 4 aromatic carbocycles. The summed E-state index contributed by atoms with van der Waals surface area (Å²) in [5, 5.41) is 22.5. The van der Waals surface area contributed by atoms with Crippen LogP contribution >= 0.6 is 0 Å². The predicted molar refractivity (Wildman–Crippen MR) is 177 cm³/mol. The van der Waals surface area contributed by atoms with Gasteiger partial charge in [0.25, 0.3) is 0 Å². The largest absolute Gasteiger partial charge is 1.00 e. The van der Waals surface area contributed by atoms with E-state index in [9.17, 15) is 25.9 Å². The monoisotopic (exact) mass is 804 g/mol. The van der Waals surface area contributed by atoms with Crippen LogP contribution in [0.25, 0.3) is 0 Å². The summed E-state index contributed by atoms with van der Waals surface area (Å²) in [4.78, 5) is 13.9. The Hall–Kier alpha value is -1.73. The minimum atomic E-state index is -5.07.